The average Bonchev–Trinajstić information content (AvgIpc) is 3.19. The van der Waals surface area contributed by atoms with Crippen molar-refractivity contribution >= 4 is 5.91 Å². The molecule has 11 heteroatoms. The monoisotopic (exact) mass is 508 g/mol. The second-order valence-corrected chi connectivity index (χ2v) is 9.20. The van der Waals surface area contributed by atoms with E-state index in [0.29, 0.717) is 17.5 Å². The molecule has 2 atom stereocenters. The van der Waals surface area contributed by atoms with Crippen molar-refractivity contribution in [3.8, 4) is 17.1 Å². The van der Waals surface area contributed by atoms with Gasteiger partial charge in [-0.3, -0.25) is 9.78 Å². The largest absolute Gasteiger partial charge is 0.475 e. The molecular weight excluding hydrogens is 483 g/mol. The number of carbonyl (C=O) groups is 1. The van der Waals surface area contributed by atoms with Crippen LogP contribution in [0, 0.1) is 12.8 Å². The highest BCUT2D eigenvalue weighted by Gasteiger charge is 2.47. The maximum atomic E-state index is 14.6. The normalized spacial score (nSPS) is 19.8. The minimum absolute atomic E-state index is 0.0933. The summed E-state index contributed by atoms with van der Waals surface area (Å²) in [6.07, 6.45) is 0.563. The Morgan fingerprint density at radius 1 is 1.14 bits per heavy atom. The number of carbonyl (C=O) groups excluding carboxylic acids is 1. The summed E-state index contributed by atoms with van der Waals surface area (Å²) in [5, 5.41) is 0. The molecule has 0 saturated carbocycles. The molecule has 1 fully saturated rings. The summed E-state index contributed by atoms with van der Waals surface area (Å²) in [7, 11) is 1.72. The Morgan fingerprint density at radius 3 is 2.50 bits per heavy atom. The molecule has 6 nitrogen and oxygen atoms in total. The molecule has 4 rings (SSSR count). The van der Waals surface area contributed by atoms with Gasteiger partial charge in [0, 0.05) is 49.9 Å². The molecule has 0 aliphatic carbocycles. The van der Waals surface area contributed by atoms with Gasteiger partial charge in [-0.15, -0.1) is 0 Å². The van der Waals surface area contributed by atoms with E-state index in [-0.39, 0.29) is 18.1 Å². The predicted molar refractivity (Wildman–Crippen MR) is 122 cm³/mol. The van der Waals surface area contributed by atoms with E-state index in [0.717, 1.165) is 22.6 Å². The Kier molecular flexibility index (Phi) is 6.76. The zero-order valence-electron chi connectivity index (χ0n) is 19.9. The van der Waals surface area contributed by atoms with Gasteiger partial charge < -0.3 is 14.2 Å². The maximum absolute atomic E-state index is 14.6. The number of aromatic nitrogens is 3. The third-order valence-corrected chi connectivity index (χ3v) is 6.18. The van der Waals surface area contributed by atoms with E-state index in [1.54, 1.807) is 43.2 Å². The fourth-order valence-electron chi connectivity index (χ4n) is 4.37. The highest BCUT2D eigenvalue weighted by atomic mass is 19.4. The Hall–Kier alpha value is -3.50. The molecule has 0 spiro atoms. The first-order chi connectivity index (χ1) is 16.8. The van der Waals surface area contributed by atoms with Crippen molar-refractivity contribution in [2.75, 3.05) is 13.2 Å². The zero-order valence-corrected chi connectivity index (χ0v) is 19.9. The first kappa shape index (κ1) is 25.6. The number of hydrogen-bond acceptors (Lipinski definition) is 4. The molecule has 0 N–H and O–H groups in total. The molecule has 3 aromatic heterocycles. The van der Waals surface area contributed by atoms with Gasteiger partial charge in [0.2, 0.25) is 5.88 Å². The standard InChI is InChI=1S/C25H25F5N4O2/c1-15-4-6-20(31-9-15)18-11-33(3)12-19(18)23(35)34-14-24(26,27)8-16(2)21(34)13-36-22-7-5-17(10-32-22)25(28,29)30/h4-7,9-12,16,21H,8,13-14H2,1-3H3/t16-,21-/m1/s1. The first-order valence-electron chi connectivity index (χ1n) is 11.3. The van der Waals surface area contributed by atoms with Crippen LogP contribution in [0.3, 0.4) is 0 Å². The van der Waals surface area contributed by atoms with Crippen LogP contribution in [0.4, 0.5) is 22.0 Å². The second kappa shape index (κ2) is 9.51. The van der Waals surface area contributed by atoms with Crippen LogP contribution in [0.15, 0.2) is 49.1 Å². The highest BCUT2D eigenvalue weighted by molar-refractivity contribution is 6.00. The number of halogens is 5. The van der Waals surface area contributed by atoms with Crippen LogP contribution in [0.25, 0.3) is 11.3 Å². The number of hydrogen-bond donors (Lipinski definition) is 0. The quantitative estimate of drug-likeness (QED) is 0.435. The van der Waals surface area contributed by atoms with Gasteiger partial charge in [0.25, 0.3) is 11.8 Å². The van der Waals surface area contributed by atoms with Crippen molar-refractivity contribution in [3.63, 3.8) is 0 Å². The number of likely N-dealkylation sites (tertiary alicyclic amines) is 1. The highest BCUT2D eigenvalue weighted by Crippen LogP contribution is 2.37. The maximum Gasteiger partial charge on any atom is 0.417 e. The molecule has 0 aromatic carbocycles. The van der Waals surface area contributed by atoms with Gasteiger partial charge in [0.1, 0.15) is 6.61 Å². The number of nitrogens with zero attached hydrogens (tertiary/aromatic N) is 4. The molecule has 0 unspecified atom stereocenters. The van der Waals surface area contributed by atoms with E-state index in [1.165, 1.54) is 0 Å². The summed E-state index contributed by atoms with van der Waals surface area (Å²) in [5.41, 5.74) is 1.26. The number of pyridine rings is 2. The lowest BCUT2D eigenvalue weighted by Gasteiger charge is -2.43. The smallest absolute Gasteiger partial charge is 0.417 e. The average molecular weight is 508 g/mol. The van der Waals surface area contributed by atoms with Crippen LogP contribution in [-0.2, 0) is 13.2 Å². The topological polar surface area (TPSA) is 60.2 Å². The van der Waals surface area contributed by atoms with Gasteiger partial charge in [0.15, 0.2) is 0 Å². The minimum atomic E-state index is -4.54. The summed E-state index contributed by atoms with van der Waals surface area (Å²) >= 11 is 0. The molecule has 1 aliphatic rings. The summed E-state index contributed by atoms with van der Waals surface area (Å²) in [6.45, 7) is 2.46. The lowest BCUT2D eigenvalue weighted by Crippen LogP contribution is -2.57. The molecule has 3 aromatic rings. The molecule has 0 bridgehead atoms. The van der Waals surface area contributed by atoms with Crippen LogP contribution < -0.4 is 4.74 Å². The predicted octanol–water partition coefficient (Wildman–Crippen LogP) is 5.37. The van der Waals surface area contributed by atoms with Gasteiger partial charge in [0.05, 0.1) is 29.4 Å². The fraction of sp³-hybridized carbons (Fsp3) is 0.400. The van der Waals surface area contributed by atoms with Gasteiger partial charge in [-0.1, -0.05) is 13.0 Å². The first-order valence-corrected chi connectivity index (χ1v) is 11.3. The van der Waals surface area contributed by atoms with Crippen LogP contribution >= 0.6 is 0 Å². The molecule has 1 saturated heterocycles. The molecule has 192 valence electrons. The fourth-order valence-corrected chi connectivity index (χ4v) is 4.37. The second-order valence-electron chi connectivity index (χ2n) is 9.20. The summed E-state index contributed by atoms with van der Waals surface area (Å²) < 4.78 is 74.8. The van der Waals surface area contributed by atoms with E-state index in [4.69, 9.17) is 4.74 Å². The van der Waals surface area contributed by atoms with Crippen LogP contribution in [-0.4, -0.2) is 50.5 Å². The Bertz CT molecular complexity index is 1220. The third-order valence-electron chi connectivity index (χ3n) is 6.18. The number of ether oxygens (including phenoxy) is 1. The van der Waals surface area contributed by atoms with Crippen molar-refractivity contribution < 1.29 is 31.5 Å². The van der Waals surface area contributed by atoms with Crippen molar-refractivity contribution in [3.05, 3.63) is 65.7 Å². The molecular formula is C25H25F5N4O2. The molecule has 4 heterocycles. The van der Waals surface area contributed by atoms with Crippen molar-refractivity contribution in [1.82, 2.24) is 19.4 Å². The number of amides is 1. The van der Waals surface area contributed by atoms with Gasteiger partial charge in [-0.2, -0.15) is 13.2 Å². The molecule has 1 amide bonds. The van der Waals surface area contributed by atoms with E-state index in [2.05, 4.69) is 9.97 Å². The Morgan fingerprint density at radius 2 is 1.89 bits per heavy atom. The van der Waals surface area contributed by atoms with E-state index in [9.17, 15) is 26.7 Å². The van der Waals surface area contributed by atoms with Crippen molar-refractivity contribution in [2.24, 2.45) is 13.0 Å². The van der Waals surface area contributed by atoms with Crippen LogP contribution in [0.5, 0.6) is 5.88 Å². The minimum Gasteiger partial charge on any atom is -0.475 e. The summed E-state index contributed by atoms with van der Waals surface area (Å²) in [4.78, 5) is 22.8. The van der Waals surface area contributed by atoms with Crippen LogP contribution in [0.2, 0.25) is 0 Å². The Balaban J connectivity index is 1.60. The molecule has 36 heavy (non-hydrogen) atoms. The van der Waals surface area contributed by atoms with Crippen LogP contribution in [0.1, 0.15) is 34.8 Å². The van der Waals surface area contributed by atoms with Crippen molar-refractivity contribution in [1.29, 1.82) is 0 Å². The third kappa shape index (κ3) is 5.50. The Labute approximate surface area is 204 Å². The molecule has 1 aliphatic heterocycles. The number of piperidine rings is 1. The SMILES string of the molecule is Cc1ccc(-c2cn(C)cc2C(=O)N2CC(F)(F)C[C@@H](C)[C@H]2COc2ccc(C(F)(F)F)cn2)nc1. The van der Waals surface area contributed by atoms with E-state index in [1.807, 2.05) is 13.0 Å². The van der Waals surface area contributed by atoms with Gasteiger partial charge in [-0.05, 0) is 30.5 Å². The lowest BCUT2D eigenvalue weighted by molar-refractivity contribution is -0.137. The molecule has 0 radical (unpaired) electrons. The summed E-state index contributed by atoms with van der Waals surface area (Å²) in [5.74, 6) is -4.44. The number of rotatable bonds is 5. The van der Waals surface area contributed by atoms with Crippen molar-refractivity contribution in [2.45, 2.75) is 38.4 Å². The van der Waals surface area contributed by atoms with Gasteiger partial charge in [-0.25, -0.2) is 13.8 Å². The van der Waals surface area contributed by atoms with E-state index < -0.39 is 48.5 Å². The number of alkyl halides is 5. The van der Waals surface area contributed by atoms with Gasteiger partial charge >= 0.3 is 6.18 Å². The number of aryl methyl sites for hydroxylation is 2. The zero-order chi connectivity index (χ0) is 26.3. The van der Waals surface area contributed by atoms with E-state index >= 15 is 0 Å². The summed E-state index contributed by atoms with van der Waals surface area (Å²) in [6, 6.07) is 4.74. The lowest BCUT2D eigenvalue weighted by atomic mass is 9.88.